The number of H-pyrrole nitrogens is 1. The molecule has 3 aromatic rings. The van der Waals surface area contributed by atoms with Crippen LogP contribution in [0, 0.1) is 0 Å². The predicted octanol–water partition coefficient (Wildman–Crippen LogP) is 4.65. The molecule has 3 heterocycles. The number of halogens is 1. The molecule has 0 bridgehead atoms. The van der Waals surface area contributed by atoms with Gasteiger partial charge in [-0.15, -0.1) is 11.3 Å². The highest BCUT2D eigenvalue weighted by molar-refractivity contribution is 9.10. The zero-order chi connectivity index (χ0) is 23.9. The molecule has 8 nitrogen and oxygen atoms in total. The van der Waals surface area contributed by atoms with Crippen LogP contribution in [0.4, 0.5) is 10.9 Å². The van der Waals surface area contributed by atoms with Gasteiger partial charge in [-0.1, -0.05) is 40.7 Å². The maximum atomic E-state index is 13.0. The van der Waals surface area contributed by atoms with Crippen molar-refractivity contribution in [2.24, 2.45) is 0 Å². The Morgan fingerprint density at radius 1 is 1.26 bits per heavy atom. The Balaban J connectivity index is 1.45. The number of nitrogens with zero attached hydrogens (tertiary/aromatic N) is 3. The summed E-state index contributed by atoms with van der Waals surface area (Å²) < 4.78 is 1.02. The number of aromatic nitrogens is 3. The molecule has 1 aliphatic rings. The lowest BCUT2D eigenvalue weighted by molar-refractivity contribution is 0.0961. The largest absolute Gasteiger partial charge is 0.367 e. The highest BCUT2D eigenvalue weighted by Gasteiger charge is 2.18. The van der Waals surface area contributed by atoms with Gasteiger partial charge in [0.2, 0.25) is 0 Å². The molecule has 4 rings (SSSR count). The molecule has 0 saturated carbocycles. The third-order valence-corrected chi connectivity index (χ3v) is 6.50. The Hall–Kier alpha value is -3.21. The van der Waals surface area contributed by atoms with Crippen molar-refractivity contribution in [1.29, 1.82) is 0 Å². The number of benzene rings is 1. The van der Waals surface area contributed by atoms with Gasteiger partial charge >= 0.3 is 0 Å². The molecule has 1 saturated heterocycles. The molecule has 0 aliphatic carbocycles. The van der Waals surface area contributed by atoms with E-state index in [0.717, 1.165) is 47.6 Å². The lowest BCUT2D eigenvalue weighted by atomic mass is 10.2. The van der Waals surface area contributed by atoms with E-state index in [1.807, 2.05) is 49.4 Å². The number of allylic oxidation sites excluding steroid dienone is 3. The first-order valence-electron chi connectivity index (χ1n) is 10.9. The van der Waals surface area contributed by atoms with E-state index in [-0.39, 0.29) is 5.91 Å². The summed E-state index contributed by atoms with van der Waals surface area (Å²) >= 11 is 4.79. The molecule has 176 valence electrons. The second-order valence-electron chi connectivity index (χ2n) is 7.53. The van der Waals surface area contributed by atoms with Crippen molar-refractivity contribution in [3.63, 3.8) is 0 Å². The lowest BCUT2D eigenvalue weighted by Gasteiger charge is -2.31. The van der Waals surface area contributed by atoms with Gasteiger partial charge in [-0.2, -0.15) is 5.10 Å². The first-order valence-corrected chi connectivity index (χ1v) is 12.5. The normalized spacial score (nSPS) is 14.7. The minimum absolute atomic E-state index is 0.274. The molecule has 34 heavy (non-hydrogen) atoms. The van der Waals surface area contributed by atoms with Crippen LogP contribution in [0.15, 0.2) is 76.4 Å². The van der Waals surface area contributed by atoms with Gasteiger partial charge in [0.1, 0.15) is 5.69 Å². The second kappa shape index (κ2) is 11.3. The Bertz CT molecular complexity index is 1210. The number of anilines is 2. The van der Waals surface area contributed by atoms with Crippen LogP contribution in [0.3, 0.4) is 0 Å². The van der Waals surface area contributed by atoms with Gasteiger partial charge in [0, 0.05) is 42.1 Å². The number of carbonyl (C=O) groups is 1. The van der Waals surface area contributed by atoms with Crippen LogP contribution in [-0.4, -0.2) is 52.2 Å². The van der Waals surface area contributed by atoms with Crippen molar-refractivity contribution >= 4 is 44.1 Å². The summed E-state index contributed by atoms with van der Waals surface area (Å²) in [4.78, 5) is 19.6. The van der Waals surface area contributed by atoms with Gasteiger partial charge in [-0.25, -0.2) is 4.98 Å². The number of aromatic amines is 1. The molecule has 0 unspecified atom stereocenters. The van der Waals surface area contributed by atoms with E-state index >= 15 is 0 Å². The number of hydrogen-bond donors (Lipinski definition) is 4. The zero-order valence-corrected chi connectivity index (χ0v) is 21.2. The van der Waals surface area contributed by atoms with Crippen molar-refractivity contribution in [1.82, 2.24) is 30.7 Å². The van der Waals surface area contributed by atoms with Gasteiger partial charge in [0.25, 0.3) is 5.91 Å². The highest BCUT2D eigenvalue weighted by Crippen LogP contribution is 2.25. The van der Waals surface area contributed by atoms with E-state index < -0.39 is 0 Å². The molecule has 4 N–H and O–H groups in total. The monoisotopic (exact) mass is 539 g/mol. The van der Waals surface area contributed by atoms with E-state index in [9.17, 15) is 4.79 Å². The van der Waals surface area contributed by atoms with E-state index in [2.05, 4.69) is 58.5 Å². The van der Waals surface area contributed by atoms with E-state index in [4.69, 9.17) is 0 Å². The fourth-order valence-corrected chi connectivity index (χ4v) is 4.53. The molecule has 1 fully saturated rings. The molecule has 0 radical (unpaired) electrons. The fourth-order valence-electron chi connectivity index (χ4n) is 3.57. The highest BCUT2D eigenvalue weighted by atomic mass is 79.9. The van der Waals surface area contributed by atoms with Crippen LogP contribution in [-0.2, 0) is 0 Å². The van der Waals surface area contributed by atoms with Gasteiger partial charge < -0.3 is 20.9 Å². The topological polar surface area (TPSA) is 98.0 Å². The molecule has 1 aromatic carbocycles. The molecule has 0 spiro atoms. The quantitative estimate of drug-likeness (QED) is 0.311. The molecular weight excluding hydrogens is 514 g/mol. The molecular formula is C24H26BrN7OS. The Labute approximate surface area is 211 Å². The number of rotatable bonds is 8. The molecule has 2 aromatic heterocycles. The summed E-state index contributed by atoms with van der Waals surface area (Å²) in [5.74, 6) is 0.353. The average Bonchev–Trinajstić information content (AvgIpc) is 3.51. The van der Waals surface area contributed by atoms with Crippen LogP contribution >= 0.6 is 27.3 Å². The van der Waals surface area contributed by atoms with Crippen molar-refractivity contribution in [3.8, 4) is 11.3 Å². The first kappa shape index (κ1) is 23.9. The summed E-state index contributed by atoms with van der Waals surface area (Å²) in [6.07, 6.45) is 5.57. The number of nitrogens with one attached hydrogen (secondary N) is 4. The number of thiazole rings is 1. The molecule has 0 atom stereocenters. The van der Waals surface area contributed by atoms with Crippen LogP contribution in [0.1, 0.15) is 17.4 Å². The number of amides is 1. The van der Waals surface area contributed by atoms with Crippen molar-refractivity contribution in [2.45, 2.75) is 6.92 Å². The van der Waals surface area contributed by atoms with E-state index in [1.165, 1.54) is 11.3 Å². The van der Waals surface area contributed by atoms with Crippen LogP contribution in [0.25, 0.3) is 11.3 Å². The summed E-state index contributed by atoms with van der Waals surface area (Å²) in [5, 5.41) is 19.1. The SMILES string of the molecule is C=C/C(=C(\C=C/C)NC(=O)c1csc(Nc2cc(-c3ccc(Br)cc3)[nH]n2)n1)N1CCNCC1. The van der Waals surface area contributed by atoms with Gasteiger partial charge in [0.15, 0.2) is 10.9 Å². The Kier molecular flexibility index (Phi) is 7.94. The van der Waals surface area contributed by atoms with E-state index in [0.29, 0.717) is 22.3 Å². The number of piperazine rings is 1. The van der Waals surface area contributed by atoms with Gasteiger partial charge in [-0.05, 0) is 36.8 Å². The lowest BCUT2D eigenvalue weighted by Crippen LogP contribution is -2.43. The predicted molar refractivity (Wildman–Crippen MR) is 141 cm³/mol. The number of hydrogen-bond acceptors (Lipinski definition) is 7. The van der Waals surface area contributed by atoms with Crippen molar-refractivity contribution < 1.29 is 4.79 Å². The molecule has 1 amide bonds. The Morgan fingerprint density at radius 2 is 2.03 bits per heavy atom. The summed E-state index contributed by atoms with van der Waals surface area (Å²) in [7, 11) is 0. The maximum absolute atomic E-state index is 13.0. The van der Waals surface area contributed by atoms with Crippen molar-refractivity contribution in [3.05, 3.63) is 82.1 Å². The minimum atomic E-state index is -0.274. The smallest absolute Gasteiger partial charge is 0.275 e. The number of carbonyl (C=O) groups excluding carboxylic acids is 1. The van der Waals surface area contributed by atoms with Gasteiger partial charge in [-0.3, -0.25) is 9.89 Å². The van der Waals surface area contributed by atoms with E-state index in [1.54, 1.807) is 11.5 Å². The molecule has 1 aliphatic heterocycles. The third kappa shape index (κ3) is 5.82. The first-order chi connectivity index (χ1) is 16.6. The summed E-state index contributed by atoms with van der Waals surface area (Å²) in [6, 6.07) is 9.86. The zero-order valence-electron chi connectivity index (χ0n) is 18.8. The maximum Gasteiger partial charge on any atom is 0.275 e. The Morgan fingerprint density at radius 3 is 2.74 bits per heavy atom. The summed E-state index contributed by atoms with van der Waals surface area (Å²) in [5.41, 5.74) is 3.85. The van der Waals surface area contributed by atoms with Crippen LogP contribution < -0.4 is 16.0 Å². The second-order valence-corrected chi connectivity index (χ2v) is 9.30. The molecule has 10 heteroatoms. The fraction of sp³-hybridized carbons (Fsp3) is 0.208. The standard InChI is InChI=1S/C24H26BrN7OS/c1-3-5-18(21(4-2)32-12-10-26-11-13-32)27-23(33)20-15-34-24(28-20)29-22-14-19(30-31-22)16-6-8-17(25)9-7-16/h3-9,14-15,26H,2,10-13H2,1H3,(H,27,33)(H2,28,29,30,31)/b5-3-,21-18-. The van der Waals surface area contributed by atoms with Crippen LogP contribution in [0.2, 0.25) is 0 Å². The average molecular weight is 540 g/mol. The van der Waals surface area contributed by atoms with Gasteiger partial charge in [0.05, 0.1) is 17.1 Å². The summed E-state index contributed by atoms with van der Waals surface area (Å²) in [6.45, 7) is 9.38. The van der Waals surface area contributed by atoms with Crippen molar-refractivity contribution in [2.75, 3.05) is 31.5 Å². The minimum Gasteiger partial charge on any atom is -0.367 e. The third-order valence-electron chi connectivity index (χ3n) is 5.21. The van der Waals surface area contributed by atoms with Crippen LogP contribution in [0.5, 0.6) is 0 Å².